The van der Waals surface area contributed by atoms with Crippen molar-refractivity contribution in [2.45, 2.75) is 0 Å². The summed E-state index contributed by atoms with van der Waals surface area (Å²) in [6.07, 6.45) is 7.75. The maximum absolute atomic E-state index is 5.42. The third kappa shape index (κ3) is 10.5. The topological polar surface area (TPSA) is 77.3 Å². The van der Waals surface area contributed by atoms with Crippen LogP contribution in [-0.4, -0.2) is 29.9 Å². The highest BCUT2D eigenvalue weighted by molar-refractivity contribution is 6.18. The van der Waals surface area contributed by atoms with E-state index in [0.29, 0.717) is 0 Å². The molecule has 0 saturated carbocycles. The number of hydrogen-bond acceptors (Lipinski definition) is 6. The molecule has 100 heavy (non-hydrogen) atoms. The lowest BCUT2D eigenvalue weighted by molar-refractivity contribution is 1.30. The lowest BCUT2D eigenvalue weighted by Crippen LogP contribution is -1.94. The van der Waals surface area contributed by atoms with E-state index < -0.39 is 0 Å². The smallest absolute Gasteiger partial charge is 0.0795 e. The standard InChI is InChI=1S/2C47H29N3/c1-3-11-32-23-34(19-17-30(32)9-1)41-26-43-42(37-21-22-45(48-28-37)38-25-35-13-5-8-16-44(35)49-29-38)27-46(50-47(43)40-15-7-6-14-39(40)41)36-20-18-31-10-2-4-12-33(31)24-36;1-3-11-33-25-35(20-18-30(33)9-1)41-27-43-42(37-22-23-44(49-29-37)40-17-7-13-32-14-8-24-48-46(32)40)28-45(50-47(43)39-16-6-5-15-38(39)41)36-21-19-31-10-2-4-12-34(31)26-36/h2*1-29H. The quantitative estimate of drug-likeness (QED) is 0.141. The van der Waals surface area contributed by atoms with E-state index in [2.05, 4.69) is 313 Å². The van der Waals surface area contributed by atoms with Gasteiger partial charge in [0.1, 0.15) is 0 Å². The molecule has 6 nitrogen and oxygen atoms in total. The van der Waals surface area contributed by atoms with Crippen LogP contribution >= 0.6 is 0 Å². The molecule has 0 fully saturated rings. The number of aromatic nitrogens is 6. The van der Waals surface area contributed by atoms with Crippen LogP contribution in [0.3, 0.4) is 0 Å². The van der Waals surface area contributed by atoms with Crippen molar-refractivity contribution >= 4 is 108 Å². The molecule has 14 aromatic carbocycles. The minimum Gasteiger partial charge on any atom is -0.256 e. The second-order valence-corrected chi connectivity index (χ2v) is 25.8. The third-order valence-corrected chi connectivity index (χ3v) is 19.8. The number of hydrogen-bond donors (Lipinski definition) is 0. The fraction of sp³-hybridized carbons (Fsp3) is 0. The Balaban J connectivity index is 0.000000139. The molecule has 0 aliphatic heterocycles. The van der Waals surface area contributed by atoms with Gasteiger partial charge in [-0.25, -0.2) is 9.97 Å². The average molecular weight is 1270 g/mol. The van der Waals surface area contributed by atoms with Gasteiger partial charge in [0.25, 0.3) is 0 Å². The normalized spacial score (nSPS) is 11.6. The minimum absolute atomic E-state index is 0.891. The molecule has 0 unspecified atom stereocenters. The Labute approximate surface area is 576 Å². The highest BCUT2D eigenvalue weighted by atomic mass is 14.7. The van der Waals surface area contributed by atoms with Gasteiger partial charge in [0, 0.05) is 90.5 Å². The monoisotopic (exact) mass is 1270 g/mol. The summed E-state index contributed by atoms with van der Waals surface area (Å²) in [5.41, 5.74) is 20.8. The molecule has 6 aromatic heterocycles. The van der Waals surface area contributed by atoms with Gasteiger partial charge in [-0.3, -0.25) is 19.9 Å². The van der Waals surface area contributed by atoms with E-state index in [1.54, 1.807) is 0 Å². The molecule has 0 bridgehead atoms. The van der Waals surface area contributed by atoms with Crippen molar-refractivity contribution in [1.29, 1.82) is 0 Å². The van der Waals surface area contributed by atoms with Crippen LogP contribution in [0.2, 0.25) is 0 Å². The van der Waals surface area contributed by atoms with Gasteiger partial charge in [-0.05, 0) is 166 Å². The van der Waals surface area contributed by atoms with Crippen molar-refractivity contribution in [2.75, 3.05) is 0 Å². The first-order valence-corrected chi connectivity index (χ1v) is 33.8. The SMILES string of the molecule is c1ccc2cc(-c3cc(-c4ccc(-c5cccc6cccnc56)nc4)c4cc(-c5ccc6ccccc6c5)c5ccccc5c4n3)ccc2c1.c1ccc2cc(-c3cc(-c4ccc(-c5cnc6ccccc6c5)nc4)c4cc(-c5ccc6ccccc6c5)c5ccccc5c4n3)ccc2c1. The Hall–Kier alpha value is -13.4. The molecule has 20 rings (SSSR count). The van der Waals surface area contributed by atoms with Gasteiger partial charge in [-0.2, -0.15) is 0 Å². The lowest BCUT2D eigenvalue weighted by atomic mass is 9.90. The number of para-hydroxylation sites is 2. The van der Waals surface area contributed by atoms with Crippen molar-refractivity contribution in [3.63, 3.8) is 0 Å². The summed E-state index contributed by atoms with van der Waals surface area (Å²) in [7, 11) is 0. The van der Waals surface area contributed by atoms with Crippen LogP contribution < -0.4 is 0 Å². The van der Waals surface area contributed by atoms with Gasteiger partial charge < -0.3 is 0 Å². The highest BCUT2D eigenvalue weighted by Crippen LogP contribution is 2.44. The second-order valence-electron chi connectivity index (χ2n) is 25.8. The number of nitrogens with zero attached hydrogens (tertiary/aromatic N) is 6. The van der Waals surface area contributed by atoms with Crippen molar-refractivity contribution in [3.05, 3.63) is 352 Å². The number of rotatable bonds is 8. The molecule has 0 aliphatic rings. The highest BCUT2D eigenvalue weighted by Gasteiger charge is 2.20. The van der Waals surface area contributed by atoms with E-state index in [1.807, 2.05) is 49.1 Å². The molecule has 0 radical (unpaired) electrons. The van der Waals surface area contributed by atoms with Crippen LogP contribution in [-0.2, 0) is 0 Å². The summed E-state index contributed by atoms with van der Waals surface area (Å²) >= 11 is 0. The van der Waals surface area contributed by atoms with Crippen LogP contribution in [0, 0.1) is 0 Å². The van der Waals surface area contributed by atoms with Crippen LogP contribution in [0.4, 0.5) is 0 Å². The Bertz CT molecular complexity index is 6650. The first-order chi connectivity index (χ1) is 49.5. The summed E-state index contributed by atoms with van der Waals surface area (Å²) in [5, 5.41) is 18.7. The Morgan fingerprint density at radius 2 is 0.550 bits per heavy atom. The molecule has 6 heterocycles. The van der Waals surface area contributed by atoms with Gasteiger partial charge in [0.05, 0.1) is 44.8 Å². The number of benzene rings is 14. The van der Waals surface area contributed by atoms with Gasteiger partial charge in [-0.1, -0.05) is 249 Å². The third-order valence-electron chi connectivity index (χ3n) is 19.8. The molecule has 0 aliphatic carbocycles. The molecular weight excluding hydrogens is 1210 g/mol. The molecule has 0 atom stereocenters. The zero-order valence-electron chi connectivity index (χ0n) is 54.2. The molecule has 20 aromatic rings. The minimum atomic E-state index is 0.891. The summed E-state index contributed by atoms with van der Waals surface area (Å²) in [6.45, 7) is 0. The van der Waals surface area contributed by atoms with Crippen molar-refractivity contribution in [2.24, 2.45) is 0 Å². The predicted molar refractivity (Wildman–Crippen MR) is 418 cm³/mol. The van der Waals surface area contributed by atoms with Gasteiger partial charge in [0.15, 0.2) is 0 Å². The average Bonchev–Trinajstić information content (AvgIpc) is 0.742. The van der Waals surface area contributed by atoms with E-state index in [1.165, 1.54) is 76.1 Å². The van der Waals surface area contributed by atoms with Crippen LogP contribution in [0.15, 0.2) is 352 Å². The van der Waals surface area contributed by atoms with Crippen LogP contribution in [0.25, 0.3) is 198 Å². The molecule has 464 valence electrons. The summed E-state index contributed by atoms with van der Waals surface area (Å²) in [6, 6.07) is 117. The number of pyridine rings is 6. The lowest BCUT2D eigenvalue weighted by Gasteiger charge is -2.16. The van der Waals surface area contributed by atoms with E-state index in [4.69, 9.17) is 19.9 Å². The second kappa shape index (κ2) is 24.3. The van der Waals surface area contributed by atoms with Crippen LogP contribution in [0.1, 0.15) is 0 Å². The molecule has 0 saturated heterocycles. The first kappa shape index (κ1) is 58.0. The fourth-order valence-corrected chi connectivity index (χ4v) is 14.7. The molecule has 6 heteroatoms. The molecule has 0 N–H and O–H groups in total. The molecule has 0 spiro atoms. The maximum atomic E-state index is 5.42. The zero-order chi connectivity index (χ0) is 66.0. The van der Waals surface area contributed by atoms with E-state index >= 15 is 0 Å². The Morgan fingerprint density at radius 1 is 0.170 bits per heavy atom. The Kier molecular flexibility index (Phi) is 14.1. The van der Waals surface area contributed by atoms with Gasteiger partial charge in [-0.15, -0.1) is 0 Å². The largest absolute Gasteiger partial charge is 0.256 e. The summed E-state index contributed by atoms with van der Waals surface area (Å²) in [4.78, 5) is 30.2. The number of fused-ring (bicyclic) bond motifs is 12. The van der Waals surface area contributed by atoms with Gasteiger partial charge >= 0.3 is 0 Å². The van der Waals surface area contributed by atoms with Crippen molar-refractivity contribution in [1.82, 2.24) is 29.9 Å². The van der Waals surface area contributed by atoms with E-state index in [0.717, 1.165) is 122 Å². The predicted octanol–water partition coefficient (Wildman–Crippen LogP) is 24.6. The molecule has 0 amide bonds. The molecular formula is C94H58N6. The summed E-state index contributed by atoms with van der Waals surface area (Å²) in [5.74, 6) is 0. The van der Waals surface area contributed by atoms with Crippen LogP contribution in [0.5, 0.6) is 0 Å². The van der Waals surface area contributed by atoms with E-state index in [9.17, 15) is 0 Å². The zero-order valence-corrected chi connectivity index (χ0v) is 54.2. The van der Waals surface area contributed by atoms with E-state index in [-0.39, 0.29) is 0 Å². The maximum Gasteiger partial charge on any atom is 0.0795 e. The fourth-order valence-electron chi connectivity index (χ4n) is 14.7. The van der Waals surface area contributed by atoms with Crippen molar-refractivity contribution in [3.8, 4) is 89.5 Å². The first-order valence-electron chi connectivity index (χ1n) is 33.8. The van der Waals surface area contributed by atoms with Crippen molar-refractivity contribution < 1.29 is 0 Å². The Morgan fingerprint density at radius 3 is 1.05 bits per heavy atom. The summed E-state index contributed by atoms with van der Waals surface area (Å²) < 4.78 is 0. The van der Waals surface area contributed by atoms with Gasteiger partial charge in [0.2, 0.25) is 0 Å².